The summed E-state index contributed by atoms with van der Waals surface area (Å²) in [4.78, 5) is 18.8. The van der Waals surface area contributed by atoms with Gasteiger partial charge in [-0.2, -0.15) is 13.2 Å². The maximum atomic E-state index is 13.2. The SMILES string of the molecule is Cn1cnc(-c2cc(CCl)ccc2N(C(=O)OC(C)(C)C)c2ccc(C(F)(F)F)cc2)c1. The topological polar surface area (TPSA) is 47.4 Å². The molecule has 32 heavy (non-hydrogen) atoms. The van der Waals surface area contributed by atoms with E-state index in [1.54, 1.807) is 56.1 Å². The number of alkyl halides is 4. The van der Waals surface area contributed by atoms with E-state index in [2.05, 4.69) is 4.98 Å². The van der Waals surface area contributed by atoms with Crippen LogP contribution in [0.25, 0.3) is 11.3 Å². The summed E-state index contributed by atoms with van der Waals surface area (Å²) in [5.74, 6) is 0.243. The summed E-state index contributed by atoms with van der Waals surface area (Å²) in [5, 5.41) is 0. The molecule has 0 aliphatic heterocycles. The molecule has 0 atom stereocenters. The third-order valence-electron chi connectivity index (χ3n) is 4.47. The zero-order valence-corrected chi connectivity index (χ0v) is 18.8. The molecule has 0 N–H and O–H groups in total. The van der Waals surface area contributed by atoms with Crippen LogP contribution in [0.2, 0.25) is 0 Å². The summed E-state index contributed by atoms with van der Waals surface area (Å²) in [7, 11) is 1.81. The van der Waals surface area contributed by atoms with Gasteiger partial charge >= 0.3 is 12.3 Å². The lowest BCUT2D eigenvalue weighted by molar-refractivity contribution is -0.137. The van der Waals surface area contributed by atoms with Gasteiger partial charge in [0.05, 0.1) is 29.0 Å². The van der Waals surface area contributed by atoms with Gasteiger partial charge in [-0.05, 0) is 62.7 Å². The highest BCUT2D eigenvalue weighted by atomic mass is 35.5. The van der Waals surface area contributed by atoms with Gasteiger partial charge in [-0.15, -0.1) is 11.6 Å². The van der Waals surface area contributed by atoms with E-state index in [9.17, 15) is 18.0 Å². The van der Waals surface area contributed by atoms with E-state index in [1.165, 1.54) is 17.0 Å². The number of hydrogen-bond acceptors (Lipinski definition) is 3. The van der Waals surface area contributed by atoms with Crippen molar-refractivity contribution in [1.29, 1.82) is 0 Å². The van der Waals surface area contributed by atoms with E-state index in [0.717, 1.165) is 17.7 Å². The summed E-state index contributed by atoms with van der Waals surface area (Å²) in [6, 6.07) is 9.57. The van der Waals surface area contributed by atoms with Crippen LogP contribution in [0.5, 0.6) is 0 Å². The number of ether oxygens (including phenoxy) is 1. The molecule has 1 heterocycles. The van der Waals surface area contributed by atoms with Crippen molar-refractivity contribution in [3.63, 3.8) is 0 Å². The number of carbonyl (C=O) groups is 1. The standard InChI is InChI=1S/C23H23ClF3N3O2/c1-22(2,3)32-21(31)30(17-8-6-16(7-9-17)23(25,26)27)20-10-5-15(12-24)11-18(20)19-13-29(4)14-28-19/h5-11,13-14H,12H2,1-4H3. The minimum absolute atomic E-state index is 0.225. The van der Waals surface area contributed by atoms with E-state index in [0.29, 0.717) is 16.9 Å². The number of imidazole rings is 1. The Bertz CT molecular complexity index is 1100. The van der Waals surface area contributed by atoms with Crippen LogP contribution in [0.4, 0.5) is 29.3 Å². The van der Waals surface area contributed by atoms with Crippen LogP contribution in [0.15, 0.2) is 55.0 Å². The zero-order valence-electron chi connectivity index (χ0n) is 18.1. The number of benzene rings is 2. The molecule has 0 aliphatic rings. The van der Waals surface area contributed by atoms with Crippen molar-refractivity contribution in [2.45, 2.75) is 38.4 Å². The van der Waals surface area contributed by atoms with Crippen molar-refractivity contribution in [3.05, 3.63) is 66.1 Å². The minimum Gasteiger partial charge on any atom is -0.443 e. The van der Waals surface area contributed by atoms with Gasteiger partial charge in [0, 0.05) is 24.7 Å². The predicted octanol–water partition coefficient (Wildman–Crippen LogP) is 6.92. The molecule has 0 saturated carbocycles. The van der Waals surface area contributed by atoms with Crippen LogP contribution in [0, 0.1) is 0 Å². The summed E-state index contributed by atoms with van der Waals surface area (Å²) in [6.07, 6.45) is -1.83. The molecule has 9 heteroatoms. The Hall–Kier alpha value is -3.00. The summed E-state index contributed by atoms with van der Waals surface area (Å²) in [5.41, 5.74) is 0.974. The molecule has 0 unspecified atom stereocenters. The van der Waals surface area contributed by atoms with Gasteiger partial charge in [0.1, 0.15) is 5.60 Å². The molecule has 170 valence electrons. The Morgan fingerprint density at radius 3 is 2.28 bits per heavy atom. The quantitative estimate of drug-likeness (QED) is 0.393. The molecule has 1 amide bonds. The fourth-order valence-corrected chi connectivity index (χ4v) is 3.23. The van der Waals surface area contributed by atoms with E-state index < -0.39 is 23.4 Å². The van der Waals surface area contributed by atoms with Gasteiger partial charge in [-0.1, -0.05) is 6.07 Å². The van der Waals surface area contributed by atoms with Gasteiger partial charge in [-0.3, -0.25) is 0 Å². The normalized spacial score (nSPS) is 12.0. The number of halogens is 4. The molecule has 5 nitrogen and oxygen atoms in total. The first-order valence-electron chi connectivity index (χ1n) is 9.76. The number of aryl methyl sites for hydroxylation is 1. The number of carbonyl (C=O) groups excluding carboxylic acids is 1. The highest BCUT2D eigenvalue weighted by molar-refractivity contribution is 6.17. The Kier molecular flexibility index (Phi) is 6.55. The second kappa shape index (κ2) is 8.86. The lowest BCUT2D eigenvalue weighted by Crippen LogP contribution is -2.34. The predicted molar refractivity (Wildman–Crippen MR) is 118 cm³/mol. The maximum absolute atomic E-state index is 13.2. The molecule has 2 aromatic carbocycles. The molecule has 0 bridgehead atoms. The average molecular weight is 466 g/mol. The van der Waals surface area contributed by atoms with Gasteiger partial charge in [-0.25, -0.2) is 14.7 Å². The number of hydrogen-bond donors (Lipinski definition) is 0. The van der Waals surface area contributed by atoms with Gasteiger partial charge in [0.2, 0.25) is 0 Å². The fourth-order valence-electron chi connectivity index (χ4n) is 3.07. The van der Waals surface area contributed by atoms with E-state index in [4.69, 9.17) is 16.3 Å². The van der Waals surface area contributed by atoms with E-state index >= 15 is 0 Å². The highest BCUT2D eigenvalue weighted by Gasteiger charge is 2.32. The molecular weight excluding hydrogens is 443 g/mol. The van der Waals surface area contributed by atoms with Crippen LogP contribution in [0.3, 0.4) is 0 Å². The minimum atomic E-state index is -4.49. The number of rotatable bonds is 4. The smallest absolute Gasteiger partial charge is 0.419 e. The van der Waals surface area contributed by atoms with Crippen molar-refractivity contribution in [2.24, 2.45) is 7.05 Å². The van der Waals surface area contributed by atoms with Crippen molar-refractivity contribution in [3.8, 4) is 11.3 Å². The number of anilines is 2. The number of amides is 1. The fraction of sp³-hybridized carbons (Fsp3) is 0.304. The second-order valence-corrected chi connectivity index (χ2v) is 8.54. The van der Waals surface area contributed by atoms with Crippen molar-refractivity contribution in [1.82, 2.24) is 9.55 Å². The molecule has 0 fully saturated rings. The zero-order chi connectivity index (χ0) is 23.7. The Labute approximate surface area is 189 Å². The van der Waals surface area contributed by atoms with Crippen molar-refractivity contribution < 1.29 is 22.7 Å². The molecule has 3 rings (SSSR count). The van der Waals surface area contributed by atoms with E-state index in [1.807, 2.05) is 7.05 Å². The maximum Gasteiger partial charge on any atom is 0.419 e. The molecule has 0 radical (unpaired) electrons. The van der Waals surface area contributed by atoms with Crippen LogP contribution in [-0.4, -0.2) is 21.2 Å². The first-order chi connectivity index (χ1) is 14.9. The molecule has 0 aliphatic carbocycles. The molecule has 3 aromatic rings. The van der Waals surface area contributed by atoms with Crippen LogP contribution < -0.4 is 4.90 Å². The average Bonchev–Trinajstić information content (AvgIpc) is 3.13. The first-order valence-corrected chi connectivity index (χ1v) is 10.3. The number of aromatic nitrogens is 2. The summed E-state index contributed by atoms with van der Waals surface area (Å²) in [6.45, 7) is 5.14. The van der Waals surface area contributed by atoms with Gasteiger partial charge in [0.25, 0.3) is 0 Å². The molecule has 0 saturated heterocycles. The van der Waals surface area contributed by atoms with Crippen LogP contribution >= 0.6 is 11.6 Å². The lowest BCUT2D eigenvalue weighted by atomic mass is 10.0. The molecular formula is C23H23ClF3N3O2. The largest absolute Gasteiger partial charge is 0.443 e. The summed E-state index contributed by atoms with van der Waals surface area (Å²) >= 11 is 6.01. The lowest BCUT2D eigenvalue weighted by Gasteiger charge is -2.29. The van der Waals surface area contributed by atoms with Gasteiger partial charge < -0.3 is 9.30 Å². The Morgan fingerprint density at radius 2 is 1.78 bits per heavy atom. The Morgan fingerprint density at radius 1 is 1.12 bits per heavy atom. The van der Waals surface area contributed by atoms with Crippen LogP contribution in [0.1, 0.15) is 31.9 Å². The Balaban J connectivity index is 2.19. The summed E-state index contributed by atoms with van der Waals surface area (Å²) < 4.78 is 46.5. The monoisotopic (exact) mass is 465 g/mol. The number of nitrogens with zero attached hydrogens (tertiary/aromatic N) is 3. The van der Waals surface area contributed by atoms with Crippen molar-refractivity contribution in [2.75, 3.05) is 4.90 Å². The molecule has 0 spiro atoms. The van der Waals surface area contributed by atoms with Crippen molar-refractivity contribution >= 4 is 29.1 Å². The first kappa shape index (κ1) is 23.7. The molecule has 1 aromatic heterocycles. The van der Waals surface area contributed by atoms with E-state index in [-0.39, 0.29) is 11.6 Å². The highest BCUT2D eigenvalue weighted by Crippen LogP contribution is 2.38. The third kappa shape index (κ3) is 5.43. The van der Waals surface area contributed by atoms with Gasteiger partial charge in [0.15, 0.2) is 0 Å². The third-order valence-corrected chi connectivity index (χ3v) is 4.77. The second-order valence-electron chi connectivity index (χ2n) is 8.27. The van der Waals surface area contributed by atoms with Crippen LogP contribution in [-0.2, 0) is 23.8 Å².